The molecule has 7 rings (SSSR count). The Balaban J connectivity index is 1.55. The second-order valence-electron chi connectivity index (χ2n) is 9.03. The van der Waals surface area contributed by atoms with E-state index in [4.69, 9.17) is 5.73 Å². The lowest BCUT2D eigenvalue weighted by atomic mass is 9.86. The maximum absolute atomic E-state index is 7.04. The molecule has 1 heterocycles. The highest BCUT2D eigenvalue weighted by Crippen LogP contribution is 2.45. The summed E-state index contributed by atoms with van der Waals surface area (Å²) in [6, 6.07) is 38.7. The number of aromatic nitrogens is 1. The average Bonchev–Trinajstić information content (AvgIpc) is 2.92. The molecule has 0 radical (unpaired) electrons. The molecule has 2 nitrogen and oxygen atoms in total. The van der Waals surface area contributed by atoms with Crippen LogP contribution < -0.4 is 5.73 Å². The van der Waals surface area contributed by atoms with Crippen molar-refractivity contribution in [2.45, 2.75) is 0 Å². The quantitative estimate of drug-likeness (QED) is 0.218. The minimum atomic E-state index is 0.785. The van der Waals surface area contributed by atoms with Gasteiger partial charge < -0.3 is 5.73 Å². The zero-order chi connectivity index (χ0) is 23.4. The van der Waals surface area contributed by atoms with E-state index in [1.54, 1.807) is 6.20 Å². The Hall–Kier alpha value is -4.69. The lowest BCUT2D eigenvalue weighted by Gasteiger charge is -2.19. The van der Waals surface area contributed by atoms with Crippen molar-refractivity contribution in [1.82, 2.24) is 4.98 Å². The number of hydrogen-bond donors (Lipinski definition) is 1. The predicted octanol–water partition coefficient (Wildman–Crippen LogP) is 8.56. The van der Waals surface area contributed by atoms with E-state index in [9.17, 15) is 0 Å². The third kappa shape index (κ3) is 3.00. The van der Waals surface area contributed by atoms with E-state index in [0.717, 1.165) is 39.1 Å². The summed E-state index contributed by atoms with van der Waals surface area (Å²) in [6.07, 6.45) is 3.70. The second-order valence-corrected chi connectivity index (χ2v) is 9.03. The van der Waals surface area contributed by atoms with Gasteiger partial charge in [-0.1, -0.05) is 103 Å². The maximum atomic E-state index is 7.04. The van der Waals surface area contributed by atoms with Crippen LogP contribution in [0.5, 0.6) is 0 Å². The van der Waals surface area contributed by atoms with Gasteiger partial charge in [0.2, 0.25) is 0 Å². The molecule has 0 fully saturated rings. The van der Waals surface area contributed by atoms with Crippen molar-refractivity contribution in [1.29, 1.82) is 0 Å². The number of pyridine rings is 1. The van der Waals surface area contributed by atoms with E-state index >= 15 is 0 Å². The van der Waals surface area contributed by atoms with Crippen LogP contribution in [0.4, 0.5) is 5.69 Å². The normalized spacial score (nSPS) is 11.5. The second kappa shape index (κ2) is 7.68. The minimum Gasteiger partial charge on any atom is -0.398 e. The maximum Gasteiger partial charge on any atom is 0.0479 e. The molecule has 0 aliphatic heterocycles. The molecule has 0 aliphatic rings. The van der Waals surface area contributed by atoms with E-state index in [2.05, 4.69) is 102 Å². The van der Waals surface area contributed by atoms with Gasteiger partial charge in [0.05, 0.1) is 0 Å². The number of nitrogen functional groups attached to an aromatic ring is 1. The smallest absolute Gasteiger partial charge is 0.0479 e. The molecular weight excluding hydrogens is 424 g/mol. The molecule has 0 saturated carbocycles. The number of rotatable bonds is 3. The first-order chi connectivity index (χ1) is 17.3. The van der Waals surface area contributed by atoms with Crippen LogP contribution in [0, 0.1) is 0 Å². The van der Waals surface area contributed by atoms with Gasteiger partial charge in [-0.05, 0) is 55.1 Å². The number of nitrogens with two attached hydrogens (primary N) is 1. The highest BCUT2D eigenvalue weighted by molar-refractivity contribution is 6.26. The van der Waals surface area contributed by atoms with Crippen molar-refractivity contribution in [2.75, 3.05) is 5.73 Å². The third-order valence-corrected chi connectivity index (χ3v) is 7.10. The van der Waals surface area contributed by atoms with E-state index in [-0.39, 0.29) is 0 Å². The van der Waals surface area contributed by atoms with Crippen LogP contribution in [-0.4, -0.2) is 4.98 Å². The molecule has 2 heteroatoms. The Morgan fingerprint density at radius 3 is 1.91 bits per heavy atom. The summed E-state index contributed by atoms with van der Waals surface area (Å²) < 4.78 is 0. The summed E-state index contributed by atoms with van der Waals surface area (Å²) in [4.78, 5) is 4.35. The van der Waals surface area contributed by atoms with E-state index in [0.29, 0.717) is 0 Å². The molecule has 0 bridgehead atoms. The van der Waals surface area contributed by atoms with Gasteiger partial charge in [-0.3, -0.25) is 4.98 Å². The fourth-order valence-corrected chi connectivity index (χ4v) is 5.50. The van der Waals surface area contributed by atoms with Crippen molar-refractivity contribution in [2.24, 2.45) is 0 Å². The summed E-state index contributed by atoms with van der Waals surface area (Å²) in [5, 5.41) is 7.63. The van der Waals surface area contributed by atoms with E-state index in [1.165, 1.54) is 32.3 Å². The number of anilines is 1. The first-order valence-electron chi connectivity index (χ1n) is 11.8. The average molecular weight is 447 g/mol. The van der Waals surface area contributed by atoms with Crippen molar-refractivity contribution in [3.05, 3.63) is 122 Å². The summed E-state index contributed by atoms with van der Waals surface area (Å²) >= 11 is 0. The van der Waals surface area contributed by atoms with Crippen LogP contribution in [0.25, 0.3) is 65.7 Å². The van der Waals surface area contributed by atoms with Gasteiger partial charge >= 0.3 is 0 Å². The molecule has 0 saturated heterocycles. The molecule has 0 aliphatic carbocycles. The largest absolute Gasteiger partial charge is 0.398 e. The van der Waals surface area contributed by atoms with Gasteiger partial charge in [0, 0.05) is 34.8 Å². The van der Waals surface area contributed by atoms with Crippen LogP contribution in [0.3, 0.4) is 0 Å². The third-order valence-electron chi connectivity index (χ3n) is 7.10. The minimum absolute atomic E-state index is 0.785. The highest BCUT2D eigenvalue weighted by atomic mass is 14.6. The number of hydrogen-bond acceptors (Lipinski definition) is 2. The SMILES string of the molecule is Nc1c(-c2ccc3ccc4cccc5ccc2c3c45)ccc(-c2cccnc2)c1-c1ccccc1. The topological polar surface area (TPSA) is 38.9 Å². The molecule has 0 unspecified atom stereocenters. The van der Waals surface area contributed by atoms with Gasteiger partial charge in [0.25, 0.3) is 0 Å². The fourth-order valence-electron chi connectivity index (χ4n) is 5.50. The van der Waals surface area contributed by atoms with Gasteiger partial charge in [0.1, 0.15) is 0 Å². The first kappa shape index (κ1) is 19.7. The molecule has 6 aromatic carbocycles. The molecule has 0 spiro atoms. The number of benzene rings is 6. The predicted molar refractivity (Wildman–Crippen MR) is 149 cm³/mol. The molecule has 7 aromatic rings. The Morgan fingerprint density at radius 1 is 0.486 bits per heavy atom. The van der Waals surface area contributed by atoms with Crippen LogP contribution in [0.15, 0.2) is 122 Å². The van der Waals surface area contributed by atoms with Gasteiger partial charge in [-0.25, -0.2) is 0 Å². The van der Waals surface area contributed by atoms with Crippen LogP contribution >= 0.6 is 0 Å². The molecule has 2 N–H and O–H groups in total. The molecule has 164 valence electrons. The lowest BCUT2D eigenvalue weighted by Crippen LogP contribution is -1.98. The standard InChI is InChI=1S/C33H22N2/c34-33-29(18-17-26(25-10-5-19-35-20-25)32(33)21-6-2-1-3-7-21)27-15-13-24-12-11-22-8-4-9-23-14-16-28(27)31(24)30(22)23/h1-20H,34H2. The van der Waals surface area contributed by atoms with Crippen LogP contribution in [0.2, 0.25) is 0 Å². The van der Waals surface area contributed by atoms with Gasteiger partial charge in [-0.15, -0.1) is 0 Å². The first-order valence-corrected chi connectivity index (χ1v) is 11.8. The summed E-state index contributed by atoms with van der Waals surface area (Å²) in [5.74, 6) is 0. The van der Waals surface area contributed by atoms with Crippen LogP contribution in [-0.2, 0) is 0 Å². The summed E-state index contributed by atoms with van der Waals surface area (Å²) in [6.45, 7) is 0. The Kier molecular flexibility index (Phi) is 4.33. The van der Waals surface area contributed by atoms with Crippen molar-refractivity contribution in [3.8, 4) is 33.4 Å². The van der Waals surface area contributed by atoms with E-state index < -0.39 is 0 Å². The molecular formula is C33H22N2. The highest BCUT2D eigenvalue weighted by Gasteiger charge is 2.18. The van der Waals surface area contributed by atoms with Crippen molar-refractivity contribution >= 4 is 38.0 Å². The molecule has 0 atom stereocenters. The zero-order valence-electron chi connectivity index (χ0n) is 19.1. The zero-order valence-corrected chi connectivity index (χ0v) is 19.1. The Labute approximate surface area is 203 Å². The molecule has 35 heavy (non-hydrogen) atoms. The summed E-state index contributed by atoms with van der Waals surface area (Å²) in [7, 11) is 0. The number of nitrogens with zero attached hydrogens (tertiary/aromatic N) is 1. The van der Waals surface area contributed by atoms with Gasteiger partial charge in [0.15, 0.2) is 0 Å². The monoisotopic (exact) mass is 446 g/mol. The Bertz CT molecular complexity index is 1820. The fraction of sp³-hybridized carbons (Fsp3) is 0. The van der Waals surface area contributed by atoms with Crippen LogP contribution in [0.1, 0.15) is 0 Å². The molecule has 0 amide bonds. The van der Waals surface area contributed by atoms with Gasteiger partial charge in [-0.2, -0.15) is 0 Å². The lowest BCUT2D eigenvalue weighted by molar-refractivity contribution is 1.33. The Morgan fingerprint density at radius 2 is 1.14 bits per heavy atom. The van der Waals surface area contributed by atoms with Crippen molar-refractivity contribution in [3.63, 3.8) is 0 Å². The molecule has 1 aromatic heterocycles. The van der Waals surface area contributed by atoms with Crippen molar-refractivity contribution < 1.29 is 0 Å². The summed E-state index contributed by atoms with van der Waals surface area (Å²) in [5.41, 5.74) is 14.3. The van der Waals surface area contributed by atoms with E-state index in [1.807, 2.05) is 18.3 Å².